The third kappa shape index (κ3) is 4.02. The van der Waals surface area contributed by atoms with Gasteiger partial charge in [0.1, 0.15) is 11.6 Å². The molecule has 1 heterocycles. The number of hydrogen-bond acceptors (Lipinski definition) is 5. The maximum absolute atomic E-state index is 14.5. The highest BCUT2D eigenvalue weighted by atomic mass is 32.2. The lowest BCUT2D eigenvalue weighted by Crippen LogP contribution is -2.32. The Morgan fingerprint density at radius 2 is 1.93 bits per heavy atom. The van der Waals surface area contributed by atoms with Crippen LogP contribution in [0.2, 0.25) is 0 Å². The Labute approximate surface area is 169 Å². The molecule has 1 saturated carbocycles. The summed E-state index contributed by atoms with van der Waals surface area (Å²) in [5, 5.41) is 12.1. The van der Waals surface area contributed by atoms with Gasteiger partial charge in [0.2, 0.25) is 10.0 Å². The summed E-state index contributed by atoms with van der Waals surface area (Å²) in [6.45, 7) is 3.27. The third-order valence-corrected chi connectivity index (χ3v) is 7.72. The van der Waals surface area contributed by atoms with Gasteiger partial charge in [-0.15, -0.1) is 0 Å². The van der Waals surface area contributed by atoms with Gasteiger partial charge in [-0.25, -0.2) is 12.8 Å². The Hall–Kier alpha value is -2.39. The van der Waals surface area contributed by atoms with Crippen LogP contribution in [0.25, 0.3) is 0 Å². The summed E-state index contributed by atoms with van der Waals surface area (Å²) < 4.78 is 43.2. The standard InChI is InChI=1S/C20H26FN3O4S/c1-4-14-5-6-16(15(21)12-14)22-18-17(11-13(2)19(26)24(18)3)23-29(27,28)20(7-8-20)9-10-25/h5-6,11-12,22-23,25H,4,7-10H2,1-3H3. The number of nitrogens with one attached hydrogen (secondary N) is 2. The highest BCUT2D eigenvalue weighted by Gasteiger charge is 2.54. The van der Waals surface area contributed by atoms with Crippen molar-refractivity contribution in [3.8, 4) is 0 Å². The number of rotatable bonds is 8. The fraction of sp³-hybridized carbons (Fsp3) is 0.450. The van der Waals surface area contributed by atoms with Gasteiger partial charge in [0, 0.05) is 19.2 Å². The number of aryl methyl sites for hydroxylation is 2. The van der Waals surface area contributed by atoms with Crippen LogP contribution >= 0.6 is 0 Å². The van der Waals surface area contributed by atoms with Crippen molar-refractivity contribution in [2.75, 3.05) is 16.6 Å². The average molecular weight is 424 g/mol. The first-order valence-electron chi connectivity index (χ1n) is 9.53. The molecule has 1 aliphatic carbocycles. The molecule has 0 saturated heterocycles. The van der Waals surface area contributed by atoms with Crippen LogP contribution in [0.15, 0.2) is 29.1 Å². The summed E-state index contributed by atoms with van der Waals surface area (Å²) in [6, 6.07) is 6.17. The highest BCUT2D eigenvalue weighted by molar-refractivity contribution is 7.94. The van der Waals surface area contributed by atoms with Crippen LogP contribution in [-0.4, -0.2) is 29.4 Å². The van der Waals surface area contributed by atoms with Crippen LogP contribution in [0.3, 0.4) is 0 Å². The molecule has 0 bridgehead atoms. The van der Waals surface area contributed by atoms with Crippen LogP contribution in [0.1, 0.15) is 37.3 Å². The van der Waals surface area contributed by atoms with Crippen LogP contribution in [0, 0.1) is 12.7 Å². The molecule has 3 N–H and O–H groups in total. The molecule has 29 heavy (non-hydrogen) atoms. The number of nitrogens with zero attached hydrogens (tertiary/aromatic N) is 1. The largest absolute Gasteiger partial charge is 0.396 e. The molecule has 0 spiro atoms. The van der Waals surface area contributed by atoms with E-state index in [-0.39, 0.29) is 35.8 Å². The second-order valence-electron chi connectivity index (χ2n) is 7.51. The molecular weight excluding hydrogens is 397 g/mol. The summed E-state index contributed by atoms with van der Waals surface area (Å²) in [5.74, 6) is -0.350. The second kappa shape index (κ2) is 7.79. The van der Waals surface area contributed by atoms with E-state index in [1.807, 2.05) is 6.92 Å². The van der Waals surface area contributed by atoms with E-state index >= 15 is 0 Å². The summed E-state index contributed by atoms with van der Waals surface area (Å²) in [6.07, 6.45) is 1.74. The quantitative estimate of drug-likeness (QED) is 0.606. The lowest BCUT2D eigenvalue weighted by Gasteiger charge is -2.21. The molecule has 1 aromatic heterocycles. The minimum atomic E-state index is -3.80. The van der Waals surface area contributed by atoms with Crippen LogP contribution in [-0.2, 0) is 23.5 Å². The van der Waals surface area contributed by atoms with Crippen molar-refractivity contribution in [1.82, 2.24) is 4.57 Å². The highest BCUT2D eigenvalue weighted by Crippen LogP contribution is 2.47. The van der Waals surface area contributed by atoms with Crippen molar-refractivity contribution in [3.63, 3.8) is 0 Å². The van der Waals surface area contributed by atoms with E-state index in [0.29, 0.717) is 24.8 Å². The molecule has 1 aliphatic rings. The van der Waals surface area contributed by atoms with Crippen molar-refractivity contribution >= 4 is 27.2 Å². The fourth-order valence-corrected chi connectivity index (χ4v) is 5.04. The van der Waals surface area contributed by atoms with Crippen molar-refractivity contribution < 1.29 is 17.9 Å². The molecular formula is C20H26FN3O4S. The van der Waals surface area contributed by atoms with Gasteiger partial charge in [0.15, 0.2) is 0 Å². The number of halogens is 1. The summed E-state index contributed by atoms with van der Waals surface area (Å²) in [4.78, 5) is 12.4. The van der Waals surface area contributed by atoms with E-state index in [1.54, 1.807) is 19.1 Å². The summed E-state index contributed by atoms with van der Waals surface area (Å²) in [5.41, 5.74) is 1.15. The Morgan fingerprint density at radius 1 is 1.24 bits per heavy atom. The molecule has 1 aromatic carbocycles. The summed E-state index contributed by atoms with van der Waals surface area (Å²) in [7, 11) is -2.31. The zero-order valence-electron chi connectivity index (χ0n) is 16.8. The Balaban J connectivity index is 2.03. The topological polar surface area (TPSA) is 100 Å². The number of aliphatic hydroxyl groups is 1. The smallest absolute Gasteiger partial charge is 0.254 e. The molecule has 0 unspecified atom stereocenters. The predicted molar refractivity (Wildman–Crippen MR) is 112 cm³/mol. The lowest BCUT2D eigenvalue weighted by atomic mass is 10.1. The van der Waals surface area contributed by atoms with Gasteiger partial charge in [-0.1, -0.05) is 13.0 Å². The minimum absolute atomic E-state index is 0.137. The molecule has 3 rings (SSSR count). The van der Waals surface area contributed by atoms with Gasteiger partial charge >= 0.3 is 0 Å². The number of hydrogen-bond donors (Lipinski definition) is 3. The van der Waals surface area contributed by atoms with E-state index < -0.39 is 20.6 Å². The second-order valence-corrected chi connectivity index (χ2v) is 9.59. The van der Waals surface area contributed by atoms with Gasteiger partial charge in [0.05, 0.1) is 16.1 Å². The van der Waals surface area contributed by atoms with Gasteiger partial charge in [-0.05, 0) is 56.4 Å². The third-order valence-electron chi connectivity index (χ3n) is 5.48. The van der Waals surface area contributed by atoms with Crippen molar-refractivity contribution in [2.45, 2.75) is 44.3 Å². The first-order valence-corrected chi connectivity index (χ1v) is 11.0. The number of aliphatic hydroxyl groups excluding tert-OH is 1. The van der Waals surface area contributed by atoms with Crippen LogP contribution in [0.4, 0.5) is 21.6 Å². The molecule has 0 atom stereocenters. The van der Waals surface area contributed by atoms with Crippen LogP contribution < -0.4 is 15.6 Å². The maximum Gasteiger partial charge on any atom is 0.254 e. The van der Waals surface area contributed by atoms with E-state index in [0.717, 1.165) is 5.56 Å². The lowest BCUT2D eigenvalue weighted by molar-refractivity contribution is 0.283. The molecule has 9 heteroatoms. The maximum atomic E-state index is 14.5. The van der Waals surface area contributed by atoms with E-state index in [9.17, 15) is 22.7 Å². The van der Waals surface area contributed by atoms with Gasteiger partial charge in [-0.3, -0.25) is 14.1 Å². The number of anilines is 3. The van der Waals surface area contributed by atoms with Gasteiger partial charge in [-0.2, -0.15) is 0 Å². The molecule has 158 valence electrons. The molecule has 1 fully saturated rings. The molecule has 7 nitrogen and oxygen atoms in total. The first-order chi connectivity index (χ1) is 13.6. The van der Waals surface area contributed by atoms with E-state index in [4.69, 9.17) is 0 Å². The zero-order valence-corrected chi connectivity index (χ0v) is 17.6. The Morgan fingerprint density at radius 3 is 2.48 bits per heavy atom. The first kappa shape index (κ1) is 21.3. The molecule has 0 radical (unpaired) electrons. The van der Waals surface area contributed by atoms with Crippen LogP contribution in [0.5, 0.6) is 0 Å². The van der Waals surface area contributed by atoms with Gasteiger partial charge in [0.25, 0.3) is 5.56 Å². The normalized spacial score (nSPS) is 15.2. The predicted octanol–water partition coefficient (Wildman–Crippen LogP) is 2.80. The summed E-state index contributed by atoms with van der Waals surface area (Å²) >= 11 is 0. The zero-order chi connectivity index (χ0) is 21.4. The number of sulfonamides is 1. The number of benzene rings is 1. The van der Waals surface area contributed by atoms with Crippen molar-refractivity contribution in [1.29, 1.82) is 0 Å². The Kier molecular flexibility index (Phi) is 5.73. The van der Waals surface area contributed by atoms with E-state index in [2.05, 4.69) is 10.0 Å². The van der Waals surface area contributed by atoms with E-state index in [1.165, 1.54) is 23.7 Å². The SMILES string of the molecule is CCc1ccc(Nc2c(NS(=O)(=O)C3(CCO)CC3)cc(C)c(=O)n2C)c(F)c1. The van der Waals surface area contributed by atoms with Crippen molar-refractivity contribution in [2.24, 2.45) is 7.05 Å². The molecule has 0 amide bonds. The number of pyridine rings is 1. The number of aromatic nitrogens is 1. The Bertz CT molecular complexity index is 1090. The fourth-order valence-electron chi connectivity index (χ4n) is 3.38. The average Bonchev–Trinajstić information content (AvgIpc) is 3.46. The van der Waals surface area contributed by atoms with Crippen molar-refractivity contribution in [3.05, 3.63) is 51.6 Å². The molecule has 2 aromatic rings. The minimum Gasteiger partial charge on any atom is -0.396 e. The monoisotopic (exact) mass is 423 g/mol. The van der Waals surface area contributed by atoms with Gasteiger partial charge < -0.3 is 10.4 Å². The molecule has 0 aliphatic heterocycles.